The van der Waals surface area contributed by atoms with Crippen LogP contribution in [0.3, 0.4) is 0 Å². The van der Waals surface area contributed by atoms with E-state index in [1.54, 1.807) is 11.3 Å². The highest BCUT2D eigenvalue weighted by atomic mass is 35.5. The van der Waals surface area contributed by atoms with Gasteiger partial charge in [0.25, 0.3) is 0 Å². The number of carbonyl (C=O) groups excluding carboxylic acids is 1. The van der Waals surface area contributed by atoms with Crippen molar-refractivity contribution in [3.05, 3.63) is 70.6 Å². The monoisotopic (exact) mass is 443 g/mol. The van der Waals surface area contributed by atoms with Crippen molar-refractivity contribution in [3.63, 3.8) is 0 Å². The first kappa shape index (κ1) is 20.4. The Bertz CT molecular complexity index is 938. The largest absolute Gasteiger partial charge is 0.339 e. The number of hydrogen-bond acceptors (Lipinski definition) is 5. The average molecular weight is 444 g/mol. The zero-order chi connectivity index (χ0) is 20.1. The van der Waals surface area contributed by atoms with Gasteiger partial charge in [0.2, 0.25) is 5.91 Å². The van der Waals surface area contributed by atoms with Crippen LogP contribution in [-0.4, -0.2) is 52.6 Å². The Morgan fingerprint density at radius 1 is 1.03 bits per heavy atom. The number of aromatic nitrogens is 1. The summed E-state index contributed by atoms with van der Waals surface area (Å²) < 4.78 is 0.922. The van der Waals surface area contributed by atoms with E-state index in [1.807, 2.05) is 40.6 Å². The molecule has 2 aromatic carbocycles. The zero-order valence-corrected chi connectivity index (χ0v) is 18.3. The first-order chi connectivity index (χ1) is 14.2. The predicted octanol–water partition coefficient (Wildman–Crippen LogP) is 4.90. The Labute approximate surface area is 184 Å². The van der Waals surface area contributed by atoms with Crippen molar-refractivity contribution in [2.75, 3.05) is 31.9 Å². The molecular weight excluding hydrogens is 422 g/mol. The summed E-state index contributed by atoms with van der Waals surface area (Å²) in [5.74, 6) is 0.629. The van der Waals surface area contributed by atoms with E-state index < -0.39 is 0 Å². The van der Waals surface area contributed by atoms with Gasteiger partial charge in [-0.1, -0.05) is 65.8 Å². The molecule has 0 saturated carbocycles. The molecule has 1 aromatic heterocycles. The molecule has 1 aliphatic heterocycles. The van der Waals surface area contributed by atoms with Gasteiger partial charge in [0, 0.05) is 48.7 Å². The molecule has 4 rings (SSSR count). The van der Waals surface area contributed by atoms with Crippen LogP contribution in [0.2, 0.25) is 5.02 Å². The lowest BCUT2D eigenvalue weighted by molar-refractivity contribution is -0.130. The summed E-state index contributed by atoms with van der Waals surface area (Å²) in [6.45, 7) is 4.37. The second-order valence-corrected chi connectivity index (χ2v) is 9.45. The number of nitrogens with zero attached hydrogens (tertiary/aromatic N) is 3. The Kier molecular flexibility index (Phi) is 6.87. The standard InChI is InChI=1S/C22H22ClN3OS2/c23-19-8-6-18(7-9-19)20-15-28-22(24-20)29-16-21(27)26-12-10-25(11-13-26)14-17-4-2-1-3-5-17/h1-9,15H,10-14,16H2. The van der Waals surface area contributed by atoms with Crippen molar-refractivity contribution in [2.45, 2.75) is 10.9 Å². The summed E-state index contributed by atoms with van der Waals surface area (Å²) in [5.41, 5.74) is 3.29. The van der Waals surface area contributed by atoms with Crippen molar-refractivity contribution in [1.29, 1.82) is 0 Å². The minimum Gasteiger partial charge on any atom is -0.339 e. The molecule has 4 nitrogen and oxygen atoms in total. The molecule has 2 heterocycles. The SMILES string of the molecule is O=C(CSc1nc(-c2ccc(Cl)cc2)cs1)N1CCN(Cc2ccccc2)CC1. The Hall–Kier alpha value is -1.86. The first-order valence-electron chi connectivity index (χ1n) is 9.56. The van der Waals surface area contributed by atoms with Gasteiger partial charge in [0.1, 0.15) is 0 Å². The molecule has 0 aliphatic carbocycles. The third kappa shape index (κ3) is 5.60. The molecule has 0 radical (unpaired) electrons. The zero-order valence-electron chi connectivity index (χ0n) is 16.0. The molecule has 150 valence electrons. The number of hydrogen-bond donors (Lipinski definition) is 0. The van der Waals surface area contributed by atoms with E-state index in [0.29, 0.717) is 10.8 Å². The molecule has 1 amide bonds. The van der Waals surface area contributed by atoms with Crippen LogP contribution in [-0.2, 0) is 11.3 Å². The van der Waals surface area contributed by atoms with Crippen LogP contribution in [0.15, 0.2) is 64.3 Å². The fourth-order valence-corrected chi connectivity index (χ4v) is 5.15. The Balaban J connectivity index is 1.24. The summed E-state index contributed by atoms with van der Waals surface area (Å²) in [7, 11) is 0. The van der Waals surface area contributed by atoms with Crippen molar-refractivity contribution in [2.24, 2.45) is 0 Å². The van der Waals surface area contributed by atoms with Gasteiger partial charge in [-0.25, -0.2) is 4.98 Å². The highest BCUT2D eigenvalue weighted by molar-refractivity contribution is 8.01. The van der Waals surface area contributed by atoms with Crippen LogP contribution in [0.25, 0.3) is 11.3 Å². The summed E-state index contributed by atoms with van der Waals surface area (Å²) in [6.07, 6.45) is 0. The lowest BCUT2D eigenvalue weighted by Gasteiger charge is -2.34. The van der Waals surface area contributed by atoms with Crippen LogP contribution >= 0.6 is 34.7 Å². The maximum atomic E-state index is 12.6. The molecule has 0 N–H and O–H groups in total. The number of benzene rings is 2. The second kappa shape index (κ2) is 9.76. The van der Waals surface area contributed by atoms with Gasteiger partial charge < -0.3 is 4.90 Å². The number of halogens is 1. The predicted molar refractivity (Wildman–Crippen MR) is 122 cm³/mol. The summed E-state index contributed by atoms with van der Waals surface area (Å²) in [4.78, 5) is 21.6. The van der Waals surface area contributed by atoms with Crippen LogP contribution in [0.1, 0.15) is 5.56 Å². The van der Waals surface area contributed by atoms with Gasteiger partial charge in [-0.3, -0.25) is 9.69 Å². The molecule has 1 fully saturated rings. The van der Waals surface area contributed by atoms with Gasteiger partial charge in [-0.05, 0) is 17.7 Å². The Morgan fingerprint density at radius 2 is 1.76 bits per heavy atom. The van der Waals surface area contributed by atoms with Gasteiger partial charge >= 0.3 is 0 Å². The molecule has 0 atom stereocenters. The summed E-state index contributed by atoms with van der Waals surface area (Å²) in [6, 6.07) is 18.2. The highest BCUT2D eigenvalue weighted by Gasteiger charge is 2.21. The van der Waals surface area contributed by atoms with Gasteiger partial charge in [-0.15, -0.1) is 11.3 Å². The van der Waals surface area contributed by atoms with E-state index in [1.165, 1.54) is 17.3 Å². The van der Waals surface area contributed by atoms with Crippen molar-refractivity contribution >= 4 is 40.6 Å². The lowest BCUT2D eigenvalue weighted by Crippen LogP contribution is -2.48. The fourth-order valence-electron chi connectivity index (χ4n) is 3.29. The molecule has 0 spiro atoms. The van der Waals surface area contributed by atoms with Crippen molar-refractivity contribution < 1.29 is 4.79 Å². The van der Waals surface area contributed by atoms with Crippen LogP contribution in [0, 0.1) is 0 Å². The third-order valence-electron chi connectivity index (χ3n) is 4.92. The smallest absolute Gasteiger partial charge is 0.233 e. The summed E-state index contributed by atoms with van der Waals surface area (Å²) >= 11 is 9.04. The quantitative estimate of drug-likeness (QED) is 0.508. The number of rotatable bonds is 6. The second-order valence-electron chi connectivity index (χ2n) is 6.94. The van der Waals surface area contributed by atoms with Gasteiger partial charge in [0.15, 0.2) is 4.34 Å². The normalized spacial score (nSPS) is 14.9. The molecule has 1 aliphatic rings. The average Bonchev–Trinajstić information content (AvgIpc) is 3.23. The fraction of sp³-hybridized carbons (Fsp3) is 0.273. The number of carbonyl (C=O) groups is 1. The number of amides is 1. The molecule has 3 aromatic rings. The number of thioether (sulfide) groups is 1. The third-order valence-corrected chi connectivity index (χ3v) is 7.17. The maximum absolute atomic E-state index is 12.6. The molecular formula is C22H22ClN3OS2. The molecule has 1 saturated heterocycles. The summed E-state index contributed by atoms with van der Waals surface area (Å²) in [5, 5.41) is 2.74. The lowest BCUT2D eigenvalue weighted by atomic mass is 10.2. The van der Waals surface area contributed by atoms with E-state index in [9.17, 15) is 4.79 Å². The topological polar surface area (TPSA) is 36.4 Å². The highest BCUT2D eigenvalue weighted by Crippen LogP contribution is 2.29. The van der Waals surface area contributed by atoms with E-state index in [2.05, 4.69) is 34.1 Å². The molecule has 0 bridgehead atoms. The van der Waals surface area contributed by atoms with E-state index in [0.717, 1.165) is 48.3 Å². The van der Waals surface area contributed by atoms with Crippen molar-refractivity contribution in [3.8, 4) is 11.3 Å². The maximum Gasteiger partial charge on any atom is 0.233 e. The van der Waals surface area contributed by atoms with Crippen molar-refractivity contribution in [1.82, 2.24) is 14.8 Å². The first-order valence-corrected chi connectivity index (χ1v) is 11.8. The van der Waals surface area contributed by atoms with Crippen LogP contribution < -0.4 is 0 Å². The van der Waals surface area contributed by atoms with E-state index in [-0.39, 0.29) is 5.91 Å². The van der Waals surface area contributed by atoms with E-state index >= 15 is 0 Å². The molecule has 0 unspecified atom stereocenters. The number of piperazine rings is 1. The number of thiazole rings is 1. The van der Waals surface area contributed by atoms with Crippen LogP contribution in [0.5, 0.6) is 0 Å². The Morgan fingerprint density at radius 3 is 2.48 bits per heavy atom. The molecule has 29 heavy (non-hydrogen) atoms. The minimum absolute atomic E-state index is 0.192. The van der Waals surface area contributed by atoms with Crippen LogP contribution in [0.4, 0.5) is 0 Å². The van der Waals surface area contributed by atoms with Gasteiger partial charge in [0.05, 0.1) is 11.4 Å². The minimum atomic E-state index is 0.192. The van der Waals surface area contributed by atoms with Gasteiger partial charge in [-0.2, -0.15) is 0 Å². The molecule has 7 heteroatoms. The van der Waals surface area contributed by atoms with E-state index in [4.69, 9.17) is 11.6 Å².